The Balaban J connectivity index is 1.37. The van der Waals surface area contributed by atoms with Gasteiger partial charge in [-0.1, -0.05) is 23.8 Å². The molecule has 3 aromatic rings. The monoisotopic (exact) mass is 794 g/mol. The van der Waals surface area contributed by atoms with Gasteiger partial charge in [-0.05, 0) is 74.4 Å². The average Bonchev–Trinajstić information content (AvgIpc) is 3.50. The smallest absolute Gasteiger partial charge is 0.271 e. The Labute approximate surface area is 293 Å². The molecule has 3 fully saturated rings. The lowest BCUT2D eigenvalue weighted by Gasteiger charge is -2.44. The Kier molecular flexibility index (Phi) is 7.89. The Bertz CT molecular complexity index is 2070. The topological polar surface area (TPSA) is 190 Å². The summed E-state index contributed by atoms with van der Waals surface area (Å²) in [4.78, 5) is 80.4. The van der Waals surface area contributed by atoms with Crippen molar-refractivity contribution in [3.05, 3.63) is 101 Å². The molecule has 0 spiro atoms. The maximum atomic E-state index is 14.4. The zero-order valence-corrected chi connectivity index (χ0v) is 28.5. The van der Waals surface area contributed by atoms with E-state index in [4.69, 9.17) is 4.74 Å². The van der Waals surface area contributed by atoms with Gasteiger partial charge in [-0.25, -0.2) is 9.80 Å². The van der Waals surface area contributed by atoms with Crippen molar-refractivity contribution in [2.45, 2.75) is 18.8 Å². The molecule has 1 N–H and O–H groups in total. The number of non-ortho nitro benzene ring substituents is 2. The predicted molar refractivity (Wildman–Crippen MR) is 179 cm³/mol. The molecule has 2 saturated heterocycles. The van der Waals surface area contributed by atoms with Crippen molar-refractivity contribution in [2.24, 2.45) is 29.6 Å². The second kappa shape index (κ2) is 11.9. The third kappa shape index (κ3) is 4.87. The summed E-state index contributed by atoms with van der Waals surface area (Å²) >= 11 is 6.92. The number of hydrogen-bond acceptors (Lipinski definition) is 10. The number of carbonyl (C=O) groups is 4. The van der Waals surface area contributed by atoms with Crippen LogP contribution < -0.4 is 14.5 Å². The molecule has 2 aliphatic heterocycles. The van der Waals surface area contributed by atoms with Crippen molar-refractivity contribution in [3.8, 4) is 11.5 Å². The number of anilines is 2. The summed E-state index contributed by atoms with van der Waals surface area (Å²) in [7, 11) is 1.36. The number of allylic oxidation sites excluding steroid dienone is 2. The number of amides is 4. The van der Waals surface area contributed by atoms with Crippen molar-refractivity contribution >= 4 is 78.2 Å². The van der Waals surface area contributed by atoms with Gasteiger partial charge in [0.2, 0.25) is 23.6 Å². The molecule has 250 valence electrons. The number of ether oxygens (including phenoxy) is 1. The number of hydrogen-bond donors (Lipinski definition) is 1. The van der Waals surface area contributed by atoms with E-state index in [1.165, 1.54) is 43.5 Å². The second-order valence-electron chi connectivity index (χ2n) is 12.2. The third-order valence-electron chi connectivity index (χ3n) is 9.97. The van der Waals surface area contributed by atoms with Crippen LogP contribution in [0.1, 0.15) is 24.3 Å². The first kappa shape index (κ1) is 32.6. The van der Waals surface area contributed by atoms with E-state index >= 15 is 0 Å². The number of phenols is 1. The van der Waals surface area contributed by atoms with Crippen molar-refractivity contribution in [2.75, 3.05) is 16.9 Å². The molecule has 3 aromatic carbocycles. The zero-order chi connectivity index (χ0) is 35.0. The lowest BCUT2D eigenvalue weighted by atomic mass is 9.57. The highest BCUT2D eigenvalue weighted by molar-refractivity contribution is 9.13. The van der Waals surface area contributed by atoms with Crippen molar-refractivity contribution < 1.29 is 38.9 Å². The molecule has 16 heteroatoms. The van der Waals surface area contributed by atoms with E-state index in [0.29, 0.717) is 15.6 Å². The number of benzene rings is 3. The zero-order valence-electron chi connectivity index (χ0n) is 25.3. The molecule has 0 aromatic heterocycles. The van der Waals surface area contributed by atoms with Crippen LogP contribution in [0.2, 0.25) is 0 Å². The summed E-state index contributed by atoms with van der Waals surface area (Å²) in [6.07, 6.45) is 1.98. The Morgan fingerprint density at radius 3 is 1.88 bits per heavy atom. The number of nitrogens with zero attached hydrogens (tertiary/aromatic N) is 4. The fourth-order valence-corrected chi connectivity index (χ4v) is 8.90. The summed E-state index contributed by atoms with van der Waals surface area (Å²) < 4.78 is 6.03. The number of rotatable bonds is 6. The Morgan fingerprint density at radius 2 is 1.33 bits per heavy atom. The number of phenolic OH excluding ortho intramolecular Hbond substituents is 1. The van der Waals surface area contributed by atoms with Gasteiger partial charge in [-0.15, -0.1) is 0 Å². The summed E-state index contributed by atoms with van der Waals surface area (Å²) in [5, 5.41) is 33.8. The maximum absolute atomic E-state index is 14.4. The molecular formula is C33H24Br2N4O10. The molecule has 0 bridgehead atoms. The molecule has 4 aliphatic rings. The van der Waals surface area contributed by atoms with Gasteiger partial charge in [0.05, 0.1) is 56.5 Å². The highest BCUT2D eigenvalue weighted by atomic mass is 79.9. The number of fused-ring (bicyclic) bond motifs is 4. The number of methoxy groups -OCH3 is 1. The molecule has 6 unspecified atom stereocenters. The van der Waals surface area contributed by atoms with Gasteiger partial charge >= 0.3 is 0 Å². The molecule has 4 amide bonds. The maximum Gasteiger partial charge on any atom is 0.271 e. The molecule has 1 saturated carbocycles. The lowest BCUT2D eigenvalue weighted by molar-refractivity contribution is -0.385. The van der Waals surface area contributed by atoms with E-state index in [9.17, 15) is 44.5 Å². The number of nitro groups is 2. The van der Waals surface area contributed by atoms with Crippen LogP contribution in [0.15, 0.2) is 75.2 Å². The van der Waals surface area contributed by atoms with E-state index in [-0.39, 0.29) is 51.6 Å². The largest absolute Gasteiger partial charge is 0.503 e. The first-order valence-electron chi connectivity index (χ1n) is 15.0. The van der Waals surface area contributed by atoms with E-state index in [0.717, 1.165) is 21.9 Å². The number of nitro benzene ring substituents is 2. The average molecular weight is 796 g/mol. The number of imide groups is 2. The molecule has 14 nitrogen and oxygen atoms in total. The quantitative estimate of drug-likeness (QED) is 0.138. The van der Waals surface area contributed by atoms with Crippen LogP contribution >= 0.6 is 31.9 Å². The van der Waals surface area contributed by atoms with Crippen molar-refractivity contribution in [3.63, 3.8) is 0 Å². The van der Waals surface area contributed by atoms with Crippen molar-refractivity contribution in [1.82, 2.24) is 0 Å². The number of carbonyl (C=O) groups excluding carboxylic acids is 4. The highest BCUT2D eigenvalue weighted by Gasteiger charge is 2.62. The van der Waals surface area contributed by atoms with Crippen LogP contribution in [0, 0.1) is 49.8 Å². The fourth-order valence-electron chi connectivity index (χ4n) is 7.93. The van der Waals surface area contributed by atoms with E-state index in [1.807, 2.05) is 6.08 Å². The third-order valence-corrected chi connectivity index (χ3v) is 12.1. The van der Waals surface area contributed by atoms with Gasteiger partial charge in [0.1, 0.15) is 0 Å². The first-order valence-corrected chi connectivity index (χ1v) is 16.6. The van der Waals surface area contributed by atoms with Crippen LogP contribution in [0.25, 0.3) is 0 Å². The van der Waals surface area contributed by atoms with Crippen LogP contribution in [0.4, 0.5) is 22.7 Å². The molecule has 7 rings (SSSR count). The summed E-state index contributed by atoms with van der Waals surface area (Å²) in [6.45, 7) is 0. The van der Waals surface area contributed by atoms with Gasteiger partial charge < -0.3 is 9.84 Å². The molecule has 49 heavy (non-hydrogen) atoms. The highest BCUT2D eigenvalue weighted by Crippen LogP contribution is 2.60. The molecule has 6 atom stereocenters. The summed E-state index contributed by atoms with van der Waals surface area (Å²) in [5.74, 6) is -7.72. The SMILES string of the molecule is COc1cc(C2C3=CCC4C(=O)N(c5cccc([N+](=O)[O-])c5)C(=O)C4C3CC3C(=O)N(c4cccc([N+](=O)[O-])c4)C(=O)C32)c(Br)c(Br)c1O. The molecule has 2 heterocycles. The van der Waals surface area contributed by atoms with Gasteiger partial charge in [-0.2, -0.15) is 0 Å². The standard InChI is InChI=1S/C33H24Br2N4O10/c1-49-23-13-21(27(34)28(35)29(23)40)24-18-8-9-19-25(32(43)36(30(19)41)14-4-2-6-16(10-14)38(45)46)20(18)12-22-26(24)33(44)37(31(22)42)15-5-3-7-17(11-15)39(47)48/h2-8,10-11,13,19-20,22,24-26,40H,9,12H2,1H3. The minimum Gasteiger partial charge on any atom is -0.503 e. The summed E-state index contributed by atoms with van der Waals surface area (Å²) in [6, 6.07) is 12.0. The predicted octanol–water partition coefficient (Wildman–Crippen LogP) is 5.79. The Hall–Kier alpha value is -4.96. The van der Waals surface area contributed by atoms with Gasteiger partial charge in [-0.3, -0.25) is 39.4 Å². The molecule has 2 aliphatic carbocycles. The van der Waals surface area contributed by atoms with Crippen LogP contribution in [0.5, 0.6) is 11.5 Å². The Morgan fingerprint density at radius 1 is 0.776 bits per heavy atom. The van der Waals surface area contributed by atoms with Gasteiger partial charge in [0.25, 0.3) is 11.4 Å². The second-order valence-corrected chi connectivity index (χ2v) is 13.8. The van der Waals surface area contributed by atoms with E-state index < -0.39 is 69.0 Å². The van der Waals surface area contributed by atoms with Crippen LogP contribution in [-0.2, 0) is 19.2 Å². The number of halogens is 2. The van der Waals surface area contributed by atoms with Crippen molar-refractivity contribution in [1.29, 1.82) is 0 Å². The van der Waals surface area contributed by atoms with Gasteiger partial charge in [0.15, 0.2) is 11.5 Å². The number of aromatic hydroxyl groups is 1. The summed E-state index contributed by atoms with van der Waals surface area (Å²) in [5.41, 5.74) is 0.603. The van der Waals surface area contributed by atoms with E-state index in [1.54, 1.807) is 6.07 Å². The lowest BCUT2D eigenvalue weighted by Crippen LogP contribution is -2.43. The van der Waals surface area contributed by atoms with Crippen LogP contribution in [-0.4, -0.2) is 45.7 Å². The fraction of sp³-hybridized carbons (Fsp3) is 0.273. The minimum absolute atomic E-state index is 0.0275. The first-order chi connectivity index (χ1) is 23.3. The minimum atomic E-state index is -1.01. The molecular weight excluding hydrogens is 772 g/mol. The van der Waals surface area contributed by atoms with Crippen LogP contribution in [0.3, 0.4) is 0 Å². The van der Waals surface area contributed by atoms with Gasteiger partial charge in [0, 0.05) is 34.7 Å². The molecule has 0 radical (unpaired) electrons. The normalized spacial score (nSPS) is 25.9. The van der Waals surface area contributed by atoms with E-state index in [2.05, 4.69) is 31.9 Å².